The monoisotopic (exact) mass is 463 g/mol. The molecule has 0 bridgehead atoms. The summed E-state index contributed by atoms with van der Waals surface area (Å²) >= 11 is 1.18. The molecule has 4 heterocycles. The molecule has 8 nitrogen and oxygen atoms in total. The van der Waals surface area contributed by atoms with Gasteiger partial charge < -0.3 is 19.0 Å². The van der Waals surface area contributed by atoms with Crippen LogP contribution in [0.3, 0.4) is 0 Å². The van der Waals surface area contributed by atoms with Gasteiger partial charge in [0.1, 0.15) is 9.97 Å². The van der Waals surface area contributed by atoms with Crippen LogP contribution < -0.4 is 5.32 Å². The summed E-state index contributed by atoms with van der Waals surface area (Å²) in [5, 5.41) is 2.91. The third kappa shape index (κ3) is 4.62. The van der Waals surface area contributed by atoms with Gasteiger partial charge in [-0.2, -0.15) is 4.31 Å². The van der Waals surface area contributed by atoms with E-state index in [1.807, 2.05) is 36.6 Å². The van der Waals surface area contributed by atoms with Crippen LogP contribution in [0.2, 0.25) is 0 Å². The highest BCUT2D eigenvalue weighted by Crippen LogP contribution is 2.26. The van der Waals surface area contributed by atoms with Gasteiger partial charge >= 0.3 is 0 Å². The van der Waals surface area contributed by atoms with Crippen LogP contribution in [0.1, 0.15) is 32.4 Å². The van der Waals surface area contributed by atoms with Crippen LogP contribution in [0.5, 0.6) is 0 Å². The molecule has 3 aromatic rings. The van der Waals surface area contributed by atoms with Gasteiger partial charge in [-0.25, -0.2) is 8.42 Å². The molecule has 31 heavy (non-hydrogen) atoms. The number of aromatic nitrogens is 1. The number of ether oxygens (including phenoxy) is 1. The Morgan fingerprint density at radius 3 is 2.68 bits per heavy atom. The van der Waals surface area contributed by atoms with Crippen molar-refractivity contribution in [2.24, 2.45) is 0 Å². The summed E-state index contributed by atoms with van der Waals surface area (Å²) < 4.78 is 39.9. The first-order valence-electron chi connectivity index (χ1n) is 10.00. The Labute approximate surface area is 185 Å². The lowest BCUT2D eigenvalue weighted by atomic mass is 10.2. The average Bonchev–Trinajstić information content (AvgIpc) is 3.51. The number of nitrogens with one attached hydrogen (secondary N) is 1. The van der Waals surface area contributed by atoms with E-state index in [9.17, 15) is 13.2 Å². The van der Waals surface area contributed by atoms with E-state index in [1.165, 1.54) is 15.6 Å². The van der Waals surface area contributed by atoms with Crippen LogP contribution >= 0.6 is 11.3 Å². The fourth-order valence-electron chi connectivity index (χ4n) is 3.60. The molecule has 1 saturated heterocycles. The highest BCUT2D eigenvalue weighted by Gasteiger charge is 2.27. The molecule has 3 aromatic heterocycles. The maximum Gasteiger partial charge on any atom is 0.253 e. The van der Waals surface area contributed by atoms with E-state index in [-0.39, 0.29) is 16.7 Å². The largest absolute Gasteiger partial charge is 0.467 e. The van der Waals surface area contributed by atoms with Gasteiger partial charge in [-0.05, 0) is 44.2 Å². The number of aryl methyl sites for hydroxylation is 1. The number of morpholine rings is 1. The van der Waals surface area contributed by atoms with Gasteiger partial charge in [0.05, 0.1) is 38.1 Å². The van der Waals surface area contributed by atoms with Crippen LogP contribution in [-0.4, -0.2) is 49.5 Å². The first-order valence-corrected chi connectivity index (χ1v) is 12.3. The van der Waals surface area contributed by atoms with Crippen molar-refractivity contribution < 1.29 is 22.4 Å². The Bertz CT molecular complexity index is 1160. The number of thiophene rings is 1. The summed E-state index contributed by atoms with van der Waals surface area (Å²) in [6, 6.07) is 8.95. The minimum Gasteiger partial charge on any atom is -0.467 e. The normalized spacial score (nSPS) is 15.3. The van der Waals surface area contributed by atoms with Crippen molar-refractivity contribution in [1.82, 2.24) is 14.2 Å². The second kappa shape index (κ2) is 8.99. The summed E-state index contributed by atoms with van der Waals surface area (Å²) in [7, 11) is -3.52. The average molecular weight is 464 g/mol. The Morgan fingerprint density at radius 2 is 1.97 bits per heavy atom. The molecule has 0 saturated carbocycles. The summed E-state index contributed by atoms with van der Waals surface area (Å²) in [6.45, 7) is 6.23. The molecule has 0 unspecified atom stereocenters. The number of amides is 1. The lowest BCUT2D eigenvalue weighted by molar-refractivity contribution is 0.0731. The number of hydrogen-bond acceptors (Lipinski definition) is 6. The molecule has 0 radical (unpaired) electrons. The smallest absolute Gasteiger partial charge is 0.253 e. The van der Waals surface area contributed by atoms with Crippen molar-refractivity contribution in [1.29, 1.82) is 0 Å². The number of rotatable bonds is 7. The fraction of sp³-hybridized carbons (Fsp3) is 0.381. The maximum atomic E-state index is 12.8. The highest BCUT2D eigenvalue weighted by atomic mass is 32.2. The lowest BCUT2D eigenvalue weighted by Crippen LogP contribution is -2.40. The number of furan rings is 1. The molecular formula is C21H25N3O5S2. The van der Waals surface area contributed by atoms with E-state index in [1.54, 1.807) is 18.4 Å². The van der Waals surface area contributed by atoms with E-state index in [2.05, 4.69) is 5.32 Å². The summed E-state index contributed by atoms with van der Waals surface area (Å²) in [6.07, 6.45) is 1.63. The Kier molecular flexibility index (Phi) is 6.33. The van der Waals surface area contributed by atoms with Gasteiger partial charge in [0.2, 0.25) is 0 Å². The van der Waals surface area contributed by atoms with Crippen LogP contribution in [-0.2, 0) is 27.8 Å². The van der Waals surface area contributed by atoms with E-state index in [4.69, 9.17) is 9.15 Å². The molecule has 1 amide bonds. The van der Waals surface area contributed by atoms with Crippen molar-refractivity contribution in [3.63, 3.8) is 0 Å². The first kappa shape index (κ1) is 21.8. The molecule has 166 valence electrons. The van der Waals surface area contributed by atoms with Crippen LogP contribution in [0.15, 0.2) is 45.2 Å². The zero-order valence-electron chi connectivity index (χ0n) is 17.5. The number of sulfonamides is 1. The van der Waals surface area contributed by atoms with Crippen molar-refractivity contribution in [3.8, 4) is 0 Å². The van der Waals surface area contributed by atoms with Gasteiger partial charge in [0.25, 0.3) is 15.9 Å². The molecule has 1 fully saturated rings. The quantitative estimate of drug-likeness (QED) is 0.582. The molecule has 1 N–H and O–H groups in total. The number of carbonyl (C=O) groups excluding carboxylic acids is 1. The van der Waals surface area contributed by atoms with E-state index < -0.39 is 10.0 Å². The zero-order valence-corrected chi connectivity index (χ0v) is 19.1. The van der Waals surface area contributed by atoms with E-state index in [0.717, 1.165) is 22.0 Å². The van der Waals surface area contributed by atoms with Gasteiger partial charge in [-0.1, -0.05) is 0 Å². The third-order valence-corrected chi connectivity index (χ3v) is 8.79. The van der Waals surface area contributed by atoms with Crippen LogP contribution in [0.4, 0.5) is 0 Å². The minimum absolute atomic E-state index is 0.190. The van der Waals surface area contributed by atoms with Gasteiger partial charge in [0.15, 0.2) is 0 Å². The molecule has 0 aromatic carbocycles. The van der Waals surface area contributed by atoms with Gasteiger partial charge in [0, 0.05) is 29.4 Å². The predicted molar refractivity (Wildman–Crippen MR) is 117 cm³/mol. The molecule has 0 spiro atoms. The molecule has 10 heteroatoms. The Balaban J connectivity index is 1.42. The van der Waals surface area contributed by atoms with Crippen LogP contribution in [0.25, 0.3) is 0 Å². The molecule has 0 atom stereocenters. The summed E-state index contributed by atoms with van der Waals surface area (Å²) in [5.41, 5.74) is 2.42. The molecular weight excluding hydrogens is 438 g/mol. The van der Waals surface area contributed by atoms with Crippen molar-refractivity contribution in [3.05, 3.63) is 64.2 Å². The van der Waals surface area contributed by atoms with Crippen molar-refractivity contribution in [2.45, 2.75) is 31.1 Å². The van der Waals surface area contributed by atoms with E-state index in [0.29, 0.717) is 38.4 Å². The molecule has 0 aliphatic carbocycles. The van der Waals surface area contributed by atoms with Gasteiger partial charge in [-0.15, -0.1) is 11.3 Å². The summed E-state index contributed by atoms with van der Waals surface area (Å²) in [4.78, 5) is 13.6. The Hall–Kier alpha value is -2.40. The number of hydrogen-bond donors (Lipinski definition) is 1. The van der Waals surface area contributed by atoms with Crippen molar-refractivity contribution in [2.75, 3.05) is 26.3 Å². The maximum absolute atomic E-state index is 12.8. The fourth-order valence-corrected chi connectivity index (χ4v) is 6.46. The van der Waals surface area contributed by atoms with Crippen LogP contribution in [0, 0.1) is 13.8 Å². The second-order valence-corrected chi connectivity index (χ2v) is 10.7. The Morgan fingerprint density at radius 1 is 1.19 bits per heavy atom. The van der Waals surface area contributed by atoms with E-state index >= 15 is 0 Å². The standard InChI is InChI=1S/C21H25N3O5S2/c1-15-12-19(16(2)24(15)14-17-4-3-9-29-17)21(25)22-13-18-5-6-20(30-18)31(26,27)23-7-10-28-11-8-23/h3-6,9,12H,7-8,10-11,13-14H2,1-2H3,(H,22,25). The SMILES string of the molecule is Cc1cc(C(=O)NCc2ccc(S(=O)(=O)N3CCOCC3)s2)c(C)n1Cc1ccco1. The minimum atomic E-state index is -3.52. The number of carbonyl (C=O) groups is 1. The first-order chi connectivity index (χ1) is 14.9. The van der Waals surface area contributed by atoms with Gasteiger partial charge in [-0.3, -0.25) is 4.79 Å². The molecule has 4 rings (SSSR count). The molecule has 1 aliphatic rings. The zero-order chi connectivity index (χ0) is 22.0. The highest BCUT2D eigenvalue weighted by molar-refractivity contribution is 7.91. The van der Waals surface area contributed by atoms with Crippen molar-refractivity contribution >= 4 is 27.3 Å². The predicted octanol–water partition coefficient (Wildman–Crippen LogP) is 2.76. The topological polar surface area (TPSA) is 93.8 Å². The second-order valence-electron chi connectivity index (χ2n) is 7.37. The lowest BCUT2D eigenvalue weighted by Gasteiger charge is -2.25. The third-order valence-electron chi connectivity index (χ3n) is 5.34. The number of nitrogens with zero attached hydrogens (tertiary/aromatic N) is 2. The molecule has 1 aliphatic heterocycles. The summed E-state index contributed by atoms with van der Waals surface area (Å²) in [5.74, 6) is 0.631.